The van der Waals surface area contributed by atoms with Crippen LogP contribution < -0.4 is 14.4 Å². The summed E-state index contributed by atoms with van der Waals surface area (Å²) in [5.41, 5.74) is 3.07. The van der Waals surface area contributed by atoms with Gasteiger partial charge in [0.2, 0.25) is 0 Å². The number of hydrogen-bond acceptors (Lipinski definition) is 5. The number of carbonyl (C=O) groups is 1. The van der Waals surface area contributed by atoms with Crippen LogP contribution >= 0.6 is 11.6 Å². The molecule has 0 aromatic heterocycles. The molecule has 2 saturated carbocycles. The van der Waals surface area contributed by atoms with E-state index in [2.05, 4.69) is 34.5 Å². The van der Waals surface area contributed by atoms with E-state index in [1.54, 1.807) is 6.07 Å². The molecule has 0 saturated heterocycles. The van der Waals surface area contributed by atoms with Gasteiger partial charge in [-0.25, -0.2) is 4.21 Å². The summed E-state index contributed by atoms with van der Waals surface area (Å²) in [6, 6.07) is 12.0. The molecule has 1 amide bonds. The van der Waals surface area contributed by atoms with Crippen molar-refractivity contribution < 1.29 is 18.8 Å². The van der Waals surface area contributed by atoms with Gasteiger partial charge in [0, 0.05) is 34.3 Å². The minimum absolute atomic E-state index is 0.0969. The molecule has 7 rings (SSSR count). The van der Waals surface area contributed by atoms with Crippen molar-refractivity contribution >= 4 is 38.8 Å². The number of anilines is 1. The number of amides is 1. The summed E-state index contributed by atoms with van der Waals surface area (Å²) in [4.78, 5) is 16.2. The molecule has 2 aliphatic heterocycles. The first-order valence-corrected chi connectivity index (χ1v) is 20.8. The Kier molecular flexibility index (Phi) is 9.62. The van der Waals surface area contributed by atoms with Crippen molar-refractivity contribution in [2.45, 2.75) is 120 Å². The molecule has 262 valence electrons. The predicted molar refractivity (Wildman–Crippen MR) is 198 cm³/mol. The molecule has 2 aromatic rings. The topological polar surface area (TPSA) is 78.9 Å². The number of fused-ring (bicyclic) bond motifs is 4. The second-order valence-corrected chi connectivity index (χ2v) is 19.1. The smallest absolute Gasteiger partial charge is 0.262 e. The van der Waals surface area contributed by atoms with Crippen LogP contribution in [0.2, 0.25) is 5.02 Å². The Morgan fingerprint density at radius 3 is 2.60 bits per heavy atom. The number of benzene rings is 2. The van der Waals surface area contributed by atoms with Gasteiger partial charge in [-0.1, -0.05) is 63.1 Å². The Morgan fingerprint density at radius 1 is 1.02 bits per heavy atom. The molecular formula is C40H55ClN2O4S. The van der Waals surface area contributed by atoms with Crippen molar-refractivity contribution in [3.63, 3.8) is 0 Å². The maximum atomic E-state index is 13.9. The summed E-state index contributed by atoms with van der Waals surface area (Å²) < 4.78 is 23.5. The number of hydrogen-bond donors (Lipinski definition) is 2. The second kappa shape index (κ2) is 13.5. The lowest BCUT2D eigenvalue weighted by molar-refractivity contribution is -0.105. The highest BCUT2D eigenvalue weighted by molar-refractivity contribution is 7.99. The Bertz CT molecular complexity index is 1620. The second-order valence-electron chi connectivity index (χ2n) is 16.3. The van der Waals surface area contributed by atoms with Crippen LogP contribution in [0.25, 0.3) is 0 Å². The van der Waals surface area contributed by atoms with E-state index in [-0.39, 0.29) is 28.4 Å². The minimum Gasteiger partial charge on any atom is -0.490 e. The fourth-order valence-corrected chi connectivity index (χ4v) is 11.7. The van der Waals surface area contributed by atoms with Crippen molar-refractivity contribution in [3.8, 4) is 5.75 Å². The van der Waals surface area contributed by atoms with Gasteiger partial charge in [-0.15, -0.1) is 0 Å². The van der Waals surface area contributed by atoms with Crippen molar-refractivity contribution in [2.24, 2.45) is 23.7 Å². The zero-order valence-corrected chi connectivity index (χ0v) is 30.6. The lowest BCUT2D eigenvalue weighted by Gasteiger charge is -2.51. The first kappa shape index (κ1) is 34.2. The maximum Gasteiger partial charge on any atom is 0.262 e. The van der Waals surface area contributed by atoms with Crippen LogP contribution in [0.5, 0.6) is 5.75 Å². The summed E-state index contributed by atoms with van der Waals surface area (Å²) in [6.45, 7) is 6.19. The van der Waals surface area contributed by atoms with Gasteiger partial charge >= 0.3 is 0 Å². The quantitative estimate of drug-likeness (QED) is 0.311. The third-order valence-corrected chi connectivity index (χ3v) is 15.6. The monoisotopic (exact) mass is 694 g/mol. The highest BCUT2D eigenvalue weighted by Crippen LogP contribution is 2.51. The molecule has 2 bridgehead atoms. The Balaban J connectivity index is 1.29. The Morgan fingerprint density at radius 2 is 1.83 bits per heavy atom. The molecular weight excluding hydrogens is 640 g/mol. The van der Waals surface area contributed by atoms with Gasteiger partial charge < -0.3 is 14.7 Å². The van der Waals surface area contributed by atoms with E-state index in [0.29, 0.717) is 24.0 Å². The van der Waals surface area contributed by atoms with Crippen LogP contribution in [0.4, 0.5) is 5.69 Å². The molecule has 6 nitrogen and oxygen atoms in total. The van der Waals surface area contributed by atoms with Gasteiger partial charge in [0.1, 0.15) is 5.75 Å². The van der Waals surface area contributed by atoms with Gasteiger partial charge in [0.25, 0.3) is 5.91 Å². The van der Waals surface area contributed by atoms with Gasteiger partial charge in [-0.2, -0.15) is 0 Å². The number of aryl methyl sites for hydroxylation is 1. The number of halogens is 1. The summed E-state index contributed by atoms with van der Waals surface area (Å²) in [5.74, 6) is 5.75. The van der Waals surface area contributed by atoms with Crippen LogP contribution in [0, 0.1) is 23.7 Å². The normalized spacial score (nSPS) is 36.2. The highest BCUT2D eigenvalue weighted by atomic mass is 35.5. The van der Waals surface area contributed by atoms with Crippen LogP contribution in [0.15, 0.2) is 36.4 Å². The number of ether oxygens (including phenoxy) is 1. The van der Waals surface area contributed by atoms with Gasteiger partial charge in [-0.05, 0) is 129 Å². The summed E-state index contributed by atoms with van der Waals surface area (Å²) >= 11 is 6.48. The lowest BCUT2D eigenvalue weighted by atomic mass is 9.60. The standard InChI is InChI=1S/C40H55ClN2O4S/c1-27-9-7-20-40(45,23-29-10-5-4-6-11-29)35-16-13-32(35)24-43-25-39(19-8-12-30-21-33(41)15-17-34(30)39)26-47-37-18-14-31(22-36(37)43)38(44)42-48(3,46)28(27)2/h14-15,17-18,21-22,27-29,32,35,45H,3-13,16,19-20,23-26H2,1-2H3,(H,42,44,46)/t27-,28+,32-,35+,39-,40-,48?/m0/s1. The summed E-state index contributed by atoms with van der Waals surface area (Å²) in [5, 5.41) is 13.2. The minimum atomic E-state index is -2.91. The van der Waals surface area contributed by atoms with Crippen molar-refractivity contribution in [2.75, 3.05) is 24.6 Å². The molecule has 7 atom stereocenters. The number of carbonyl (C=O) groups excluding carboxylic acids is 1. The molecule has 2 fully saturated rings. The molecule has 2 aromatic carbocycles. The average Bonchev–Trinajstić information content (AvgIpc) is 3.19. The van der Waals surface area contributed by atoms with E-state index in [9.17, 15) is 14.1 Å². The van der Waals surface area contributed by atoms with Crippen LogP contribution in [0.1, 0.15) is 119 Å². The zero-order chi connectivity index (χ0) is 33.7. The van der Waals surface area contributed by atoms with Crippen molar-refractivity contribution in [1.82, 2.24) is 4.72 Å². The third kappa shape index (κ3) is 6.65. The zero-order valence-electron chi connectivity index (χ0n) is 29.0. The largest absolute Gasteiger partial charge is 0.490 e. The van der Waals surface area contributed by atoms with E-state index in [4.69, 9.17) is 16.3 Å². The Labute approximate surface area is 293 Å². The van der Waals surface area contributed by atoms with E-state index in [0.717, 1.165) is 87.3 Å². The van der Waals surface area contributed by atoms with E-state index in [1.165, 1.54) is 43.2 Å². The van der Waals surface area contributed by atoms with E-state index in [1.807, 2.05) is 25.1 Å². The molecule has 1 spiro atoms. The fourth-order valence-electron chi connectivity index (χ4n) is 10.0. The SMILES string of the molecule is C=S1(=O)NC(=O)c2ccc3c(c2)N(C[C@@H]2CC[C@H]2[C@@](O)(CC2CCCCC2)CCC[C@H](C)[C@H]1C)C[C@@]1(CCCc2cc(Cl)ccc21)CO3. The number of nitrogens with zero attached hydrogens (tertiary/aromatic N) is 1. The van der Waals surface area contributed by atoms with Crippen LogP contribution in [-0.4, -0.2) is 51.6 Å². The number of nitrogens with one attached hydrogen (secondary N) is 1. The molecule has 2 heterocycles. The molecule has 3 aliphatic carbocycles. The molecule has 48 heavy (non-hydrogen) atoms. The van der Waals surface area contributed by atoms with E-state index >= 15 is 0 Å². The summed E-state index contributed by atoms with van der Waals surface area (Å²) in [6.07, 6.45) is 14.9. The average molecular weight is 695 g/mol. The summed E-state index contributed by atoms with van der Waals surface area (Å²) in [7, 11) is -2.91. The van der Waals surface area contributed by atoms with Gasteiger partial charge in [0.15, 0.2) is 0 Å². The molecule has 0 radical (unpaired) electrons. The number of aliphatic hydroxyl groups is 1. The maximum absolute atomic E-state index is 13.9. The Hall–Kier alpha value is -2.22. The predicted octanol–water partition coefficient (Wildman–Crippen LogP) is 8.11. The van der Waals surface area contributed by atoms with Crippen molar-refractivity contribution in [3.05, 3.63) is 58.1 Å². The number of rotatable bonds is 2. The van der Waals surface area contributed by atoms with E-state index < -0.39 is 15.3 Å². The van der Waals surface area contributed by atoms with Gasteiger partial charge in [0.05, 0.1) is 27.6 Å². The first-order valence-electron chi connectivity index (χ1n) is 18.7. The van der Waals surface area contributed by atoms with Crippen molar-refractivity contribution in [1.29, 1.82) is 0 Å². The highest BCUT2D eigenvalue weighted by Gasteiger charge is 2.49. The third-order valence-electron chi connectivity index (χ3n) is 13.2. The van der Waals surface area contributed by atoms with Gasteiger partial charge in [-0.3, -0.25) is 9.52 Å². The lowest BCUT2D eigenvalue weighted by Crippen LogP contribution is -2.53. The first-order chi connectivity index (χ1) is 23.0. The molecule has 2 N–H and O–H groups in total. The fraction of sp³-hybridized carbons (Fsp3) is 0.650. The molecule has 5 aliphatic rings. The molecule has 8 heteroatoms. The van der Waals surface area contributed by atoms with Crippen LogP contribution in [0.3, 0.4) is 0 Å². The van der Waals surface area contributed by atoms with Crippen LogP contribution in [-0.2, 0) is 21.5 Å². The molecule has 1 unspecified atom stereocenters.